The second kappa shape index (κ2) is 7.12. The SMILES string of the molecule is CC(C)(C)NCCCCCN1CCCc2ccccc21. The molecule has 0 bridgehead atoms. The molecule has 1 aliphatic heterocycles. The quantitative estimate of drug-likeness (QED) is 0.789. The van der Waals surface area contributed by atoms with E-state index >= 15 is 0 Å². The summed E-state index contributed by atoms with van der Waals surface area (Å²) in [4.78, 5) is 2.58. The highest BCUT2D eigenvalue weighted by Crippen LogP contribution is 2.26. The van der Waals surface area contributed by atoms with E-state index in [0.29, 0.717) is 0 Å². The van der Waals surface area contributed by atoms with E-state index in [1.54, 1.807) is 0 Å². The Morgan fingerprint density at radius 3 is 2.70 bits per heavy atom. The number of aryl methyl sites for hydroxylation is 1. The molecule has 0 atom stereocenters. The van der Waals surface area contributed by atoms with Crippen molar-refractivity contribution in [2.24, 2.45) is 0 Å². The molecule has 1 heterocycles. The van der Waals surface area contributed by atoms with E-state index in [9.17, 15) is 0 Å². The zero-order valence-electron chi connectivity index (χ0n) is 13.4. The maximum atomic E-state index is 3.56. The Labute approximate surface area is 124 Å². The van der Waals surface area contributed by atoms with E-state index in [1.807, 2.05) is 0 Å². The number of anilines is 1. The maximum Gasteiger partial charge on any atom is 0.0398 e. The summed E-state index contributed by atoms with van der Waals surface area (Å²) in [6.07, 6.45) is 6.47. The van der Waals surface area contributed by atoms with Crippen LogP contribution in [0.5, 0.6) is 0 Å². The predicted octanol–water partition coefficient (Wildman–Crippen LogP) is 4.00. The molecule has 20 heavy (non-hydrogen) atoms. The minimum atomic E-state index is 0.256. The first-order chi connectivity index (χ1) is 9.56. The standard InChI is InChI=1S/C18H30N2/c1-18(2,3)19-13-7-4-8-14-20-15-9-11-16-10-5-6-12-17(16)20/h5-6,10,12,19H,4,7-9,11,13-15H2,1-3H3. The lowest BCUT2D eigenvalue weighted by Gasteiger charge is -2.31. The van der Waals surface area contributed by atoms with Crippen LogP contribution in [0.1, 0.15) is 52.0 Å². The molecule has 1 aromatic carbocycles. The normalized spacial score (nSPS) is 15.2. The highest BCUT2D eigenvalue weighted by Gasteiger charge is 2.15. The van der Waals surface area contributed by atoms with Gasteiger partial charge in [0.15, 0.2) is 0 Å². The number of unbranched alkanes of at least 4 members (excludes halogenated alkanes) is 2. The number of rotatable bonds is 6. The van der Waals surface area contributed by atoms with Gasteiger partial charge in [-0.05, 0) is 64.6 Å². The van der Waals surface area contributed by atoms with E-state index in [0.717, 1.165) is 6.54 Å². The average Bonchev–Trinajstić information content (AvgIpc) is 2.41. The zero-order valence-corrected chi connectivity index (χ0v) is 13.4. The fourth-order valence-corrected chi connectivity index (χ4v) is 2.91. The summed E-state index contributed by atoms with van der Waals surface area (Å²) in [6.45, 7) is 10.3. The molecular formula is C18H30N2. The molecule has 0 saturated carbocycles. The Balaban J connectivity index is 1.68. The van der Waals surface area contributed by atoms with Crippen LogP contribution in [0.3, 0.4) is 0 Å². The summed E-state index contributed by atoms with van der Waals surface area (Å²) in [5.74, 6) is 0. The molecule has 0 radical (unpaired) electrons. The van der Waals surface area contributed by atoms with Gasteiger partial charge in [0.25, 0.3) is 0 Å². The van der Waals surface area contributed by atoms with Gasteiger partial charge in [-0.15, -0.1) is 0 Å². The first-order valence-corrected chi connectivity index (χ1v) is 8.14. The molecule has 0 spiro atoms. The second-order valence-electron chi connectivity index (χ2n) is 6.96. The number of benzene rings is 1. The first-order valence-electron chi connectivity index (χ1n) is 8.14. The van der Waals surface area contributed by atoms with Gasteiger partial charge in [0, 0.05) is 24.3 Å². The first kappa shape index (κ1) is 15.4. The van der Waals surface area contributed by atoms with E-state index in [4.69, 9.17) is 0 Å². The van der Waals surface area contributed by atoms with Crippen LogP contribution >= 0.6 is 0 Å². The van der Waals surface area contributed by atoms with E-state index in [-0.39, 0.29) is 5.54 Å². The van der Waals surface area contributed by atoms with Crippen molar-refractivity contribution in [1.29, 1.82) is 0 Å². The van der Waals surface area contributed by atoms with Crippen LogP contribution < -0.4 is 10.2 Å². The van der Waals surface area contributed by atoms with E-state index in [1.165, 1.54) is 56.4 Å². The van der Waals surface area contributed by atoms with Crippen LogP contribution in [0.15, 0.2) is 24.3 Å². The lowest BCUT2D eigenvalue weighted by Crippen LogP contribution is -2.36. The van der Waals surface area contributed by atoms with Crippen LogP contribution in [-0.4, -0.2) is 25.2 Å². The monoisotopic (exact) mass is 274 g/mol. The van der Waals surface area contributed by atoms with Crippen molar-refractivity contribution in [2.75, 3.05) is 24.5 Å². The Morgan fingerprint density at radius 1 is 1.10 bits per heavy atom. The Kier molecular flexibility index (Phi) is 5.47. The van der Waals surface area contributed by atoms with Crippen molar-refractivity contribution in [2.45, 2.75) is 58.4 Å². The Morgan fingerprint density at radius 2 is 1.90 bits per heavy atom. The molecule has 112 valence electrons. The molecule has 0 saturated heterocycles. The van der Waals surface area contributed by atoms with Gasteiger partial charge in [-0.3, -0.25) is 0 Å². The molecule has 2 nitrogen and oxygen atoms in total. The topological polar surface area (TPSA) is 15.3 Å². The third kappa shape index (κ3) is 4.82. The van der Waals surface area contributed by atoms with Crippen LogP contribution in [0.4, 0.5) is 5.69 Å². The van der Waals surface area contributed by atoms with Crippen molar-refractivity contribution in [3.05, 3.63) is 29.8 Å². The lowest BCUT2D eigenvalue weighted by molar-refractivity contribution is 0.417. The van der Waals surface area contributed by atoms with Gasteiger partial charge >= 0.3 is 0 Å². The molecule has 0 aromatic heterocycles. The van der Waals surface area contributed by atoms with E-state index in [2.05, 4.69) is 55.3 Å². The Hall–Kier alpha value is -1.02. The molecular weight excluding hydrogens is 244 g/mol. The van der Waals surface area contributed by atoms with Crippen LogP contribution in [0.2, 0.25) is 0 Å². The van der Waals surface area contributed by atoms with Crippen molar-refractivity contribution < 1.29 is 0 Å². The highest BCUT2D eigenvalue weighted by molar-refractivity contribution is 5.55. The van der Waals surface area contributed by atoms with Crippen LogP contribution in [0.25, 0.3) is 0 Å². The van der Waals surface area contributed by atoms with Gasteiger partial charge in [0.1, 0.15) is 0 Å². The summed E-state index contributed by atoms with van der Waals surface area (Å²) < 4.78 is 0. The van der Waals surface area contributed by atoms with Crippen molar-refractivity contribution in [3.63, 3.8) is 0 Å². The number of para-hydroxylation sites is 1. The number of hydrogen-bond acceptors (Lipinski definition) is 2. The van der Waals surface area contributed by atoms with Gasteiger partial charge in [0.05, 0.1) is 0 Å². The number of nitrogens with one attached hydrogen (secondary N) is 1. The molecule has 0 amide bonds. The van der Waals surface area contributed by atoms with Gasteiger partial charge in [-0.2, -0.15) is 0 Å². The summed E-state index contributed by atoms with van der Waals surface area (Å²) in [5.41, 5.74) is 3.27. The van der Waals surface area contributed by atoms with Crippen molar-refractivity contribution >= 4 is 5.69 Å². The largest absolute Gasteiger partial charge is 0.371 e. The molecule has 0 aliphatic carbocycles. The fourth-order valence-electron chi connectivity index (χ4n) is 2.91. The average molecular weight is 274 g/mol. The van der Waals surface area contributed by atoms with Gasteiger partial charge in [-0.25, -0.2) is 0 Å². The summed E-state index contributed by atoms with van der Waals surface area (Å²) in [7, 11) is 0. The summed E-state index contributed by atoms with van der Waals surface area (Å²) in [6, 6.07) is 8.91. The smallest absolute Gasteiger partial charge is 0.0398 e. The van der Waals surface area contributed by atoms with E-state index < -0.39 is 0 Å². The number of hydrogen-bond donors (Lipinski definition) is 1. The molecule has 1 aliphatic rings. The number of nitrogens with zero attached hydrogens (tertiary/aromatic N) is 1. The minimum Gasteiger partial charge on any atom is -0.371 e. The highest BCUT2D eigenvalue weighted by atomic mass is 15.1. The lowest BCUT2D eigenvalue weighted by atomic mass is 10.0. The third-order valence-electron chi connectivity index (χ3n) is 3.97. The molecule has 0 unspecified atom stereocenters. The van der Waals surface area contributed by atoms with Gasteiger partial charge in [0.2, 0.25) is 0 Å². The molecule has 2 rings (SSSR count). The van der Waals surface area contributed by atoms with Gasteiger partial charge < -0.3 is 10.2 Å². The third-order valence-corrected chi connectivity index (χ3v) is 3.97. The minimum absolute atomic E-state index is 0.256. The molecule has 1 aromatic rings. The van der Waals surface area contributed by atoms with Crippen molar-refractivity contribution in [3.8, 4) is 0 Å². The predicted molar refractivity (Wildman–Crippen MR) is 88.6 cm³/mol. The Bertz CT molecular complexity index is 406. The molecule has 1 N–H and O–H groups in total. The second-order valence-corrected chi connectivity index (χ2v) is 6.96. The zero-order chi connectivity index (χ0) is 14.4. The van der Waals surface area contributed by atoms with Gasteiger partial charge in [-0.1, -0.05) is 24.6 Å². The summed E-state index contributed by atoms with van der Waals surface area (Å²) in [5, 5.41) is 3.56. The van der Waals surface area contributed by atoms with Crippen molar-refractivity contribution in [1.82, 2.24) is 5.32 Å². The molecule has 0 fully saturated rings. The van der Waals surface area contributed by atoms with Crippen LogP contribution in [0, 0.1) is 0 Å². The number of fused-ring (bicyclic) bond motifs is 1. The molecule has 2 heteroatoms. The summed E-state index contributed by atoms with van der Waals surface area (Å²) >= 11 is 0. The fraction of sp³-hybridized carbons (Fsp3) is 0.667. The van der Waals surface area contributed by atoms with Crippen LogP contribution in [-0.2, 0) is 6.42 Å². The maximum absolute atomic E-state index is 3.56.